The van der Waals surface area contributed by atoms with E-state index in [0.29, 0.717) is 23.7 Å². The molecule has 3 aromatic carbocycles. The Balaban J connectivity index is 1.70. The number of methoxy groups -OCH3 is 1. The Morgan fingerprint density at radius 3 is 2.24 bits per heavy atom. The van der Waals surface area contributed by atoms with Gasteiger partial charge in [-0.15, -0.1) is 0 Å². The molecule has 33 heavy (non-hydrogen) atoms. The highest BCUT2D eigenvalue weighted by atomic mass is 32.2. The monoisotopic (exact) mass is 461 g/mol. The van der Waals surface area contributed by atoms with Crippen LogP contribution in [0.4, 0.5) is 0 Å². The van der Waals surface area contributed by atoms with Crippen molar-refractivity contribution in [1.29, 1.82) is 0 Å². The Kier molecular flexibility index (Phi) is 6.28. The van der Waals surface area contributed by atoms with Gasteiger partial charge in [0.1, 0.15) is 5.75 Å². The van der Waals surface area contributed by atoms with Crippen molar-refractivity contribution in [2.75, 3.05) is 13.4 Å². The summed E-state index contributed by atoms with van der Waals surface area (Å²) in [6.45, 7) is 0.382. The second kappa shape index (κ2) is 9.30. The van der Waals surface area contributed by atoms with E-state index in [2.05, 4.69) is 10.4 Å². The van der Waals surface area contributed by atoms with Crippen LogP contribution in [-0.4, -0.2) is 37.5 Å². The summed E-state index contributed by atoms with van der Waals surface area (Å²) in [4.78, 5) is 13.1. The number of carbonyl (C=O) groups is 1. The topological polar surface area (TPSA) is 90.3 Å². The molecule has 0 bridgehead atoms. The van der Waals surface area contributed by atoms with E-state index in [1.54, 1.807) is 30.0 Å². The number of benzene rings is 3. The largest absolute Gasteiger partial charge is 0.497 e. The van der Waals surface area contributed by atoms with Crippen molar-refractivity contribution in [3.05, 3.63) is 96.2 Å². The van der Waals surface area contributed by atoms with Gasteiger partial charge in [0.2, 0.25) is 0 Å². The summed E-state index contributed by atoms with van der Waals surface area (Å²) < 4.78 is 30.5. The quantitative estimate of drug-likeness (QED) is 0.451. The lowest BCUT2D eigenvalue weighted by Gasteiger charge is -2.09. The van der Waals surface area contributed by atoms with Crippen LogP contribution in [0, 0.1) is 0 Å². The van der Waals surface area contributed by atoms with Gasteiger partial charge in [-0.05, 0) is 60.2 Å². The van der Waals surface area contributed by atoms with Crippen LogP contribution in [0.3, 0.4) is 0 Å². The van der Waals surface area contributed by atoms with Crippen molar-refractivity contribution in [1.82, 2.24) is 15.1 Å². The molecule has 0 aliphatic heterocycles. The van der Waals surface area contributed by atoms with Crippen molar-refractivity contribution < 1.29 is 17.9 Å². The van der Waals surface area contributed by atoms with Gasteiger partial charge in [0, 0.05) is 18.4 Å². The SMILES string of the molecule is COc1ccc(-c2cc(C(=O)NCc3ccccc3)nn2-c2ccc(S(C)(=O)=O)cc2)cc1. The third kappa shape index (κ3) is 5.12. The van der Waals surface area contributed by atoms with Crippen LogP contribution >= 0.6 is 0 Å². The first kappa shape index (κ1) is 22.3. The molecule has 8 heteroatoms. The summed E-state index contributed by atoms with van der Waals surface area (Å²) in [5.41, 5.74) is 3.39. The Hall–Kier alpha value is -3.91. The van der Waals surface area contributed by atoms with E-state index in [1.165, 1.54) is 12.1 Å². The van der Waals surface area contributed by atoms with Crippen LogP contribution in [-0.2, 0) is 16.4 Å². The number of aromatic nitrogens is 2. The van der Waals surface area contributed by atoms with E-state index in [1.807, 2.05) is 54.6 Å². The van der Waals surface area contributed by atoms with Crippen LogP contribution in [0.5, 0.6) is 5.75 Å². The number of carbonyl (C=O) groups excluding carboxylic acids is 1. The van der Waals surface area contributed by atoms with Crippen molar-refractivity contribution in [3.8, 4) is 22.7 Å². The van der Waals surface area contributed by atoms with Gasteiger partial charge >= 0.3 is 0 Å². The first-order valence-electron chi connectivity index (χ1n) is 10.2. The van der Waals surface area contributed by atoms with Gasteiger partial charge in [-0.1, -0.05) is 30.3 Å². The Morgan fingerprint density at radius 2 is 1.64 bits per heavy atom. The van der Waals surface area contributed by atoms with E-state index in [4.69, 9.17) is 4.74 Å². The van der Waals surface area contributed by atoms with Gasteiger partial charge in [-0.25, -0.2) is 13.1 Å². The van der Waals surface area contributed by atoms with E-state index in [9.17, 15) is 13.2 Å². The highest BCUT2D eigenvalue weighted by molar-refractivity contribution is 7.90. The minimum absolute atomic E-state index is 0.213. The minimum atomic E-state index is -3.32. The summed E-state index contributed by atoms with van der Waals surface area (Å²) in [6.07, 6.45) is 1.16. The van der Waals surface area contributed by atoms with E-state index < -0.39 is 9.84 Å². The van der Waals surface area contributed by atoms with Crippen molar-refractivity contribution in [3.63, 3.8) is 0 Å². The molecular weight excluding hydrogens is 438 g/mol. The second-order valence-corrected chi connectivity index (χ2v) is 9.51. The number of amides is 1. The molecule has 0 aliphatic carbocycles. The first-order valence-corrected chi connectivity index (χ1v) is 12.1. The molecular formula is C25H23N3O4S. The van der Waals surface area contributed by atoms with Crippen LogP contribution in [0.15, 0.2) is 89.8 Å². The standard InChI is InChI=1S/C25H23N3O4S/c1-32-21-12-8-19(9-13-21)24-16-23(25(29)26-17-18-6-4-3-5-7-18)27-28(24)20-10-14-22(15-11-20)33(2,30)31/h3-16H,17H2,1-2H3,(H,26,29). The van der Waals surface area contributed by atoms with Crippen molar-refractivity contribution in [2.45, 2.75) is 11.4 Å². The lowest BCUT2D eigenvalue weighted by Crippen LogP contribution is -2.23. The molecule has 1 N–H and O–H groups in total. The summed E-state index contributed by atoms with van der Waals surface area (Å²) in [5, 5.41) is 7.42. The summed E-state index contributed by atoms with van der Waals surface area (Å²) >= 11 is 0. The molecule has 168 valence electrons. The fourth-order valence-electron chi connectivity index (χ4n) is 3.36. The third-order valence-corrected chi connectivity index (χ3v) is 6.26. The van der Waals surface area contributed by atoms with Crippen LogP contribution in [0.2, 0.25) is 0 Å². The normalized spacial score (nSPS) is 11.2. The van der Waals surface area contributed by atoms with E-state index in [0.717, 1.165) is 17.4 Å². The molecule has 4 rings (SSSR count). The highest BCUT2D eigenvalue weighted by Gasteiger charge is 2.17. The Morgan fingerprint density at radius 1 is 0.970 bits per heavy atom. The zero-order valence-corrected chi connectivity index (χ0v) is 19.0. The fourth-order valence-corrected chi connectivity index (χ4v) is 3.99. The fraction of sp³-hybridized carbons (Fsp3) is 0.120. The number of rotatable bonds is 7. The molecule has 0 saturated heterocycles. The maximum absolute atomic E-state index is 12.8. The number of hydrogen-bond acceptors (Lipinski definition) is 5. The second-order valence-electron chi connectivity index (χ2n) is 7.49. The number of sulfone groups is 1. The highest BCUT2D eigenvalue weighted by Crippen LogP contribution is 2.27. The molecule has 1 aromatic heterocycles. The van der Waals surface area contributed by atoms with Crippen LogP contribution in [0.25, 0.3) is 16.9 Å². The lowest BCUT2D eigenvalue weighted by molar-refractivity contribution is 0.0945. The van der Waals surface area contributed by atoms with Crippen molar-refractivity contribution in [2.24, 2.45) is 0 Å². The van der Waals surface area contributed by atoms with E-state index in [-0.39, 0.29) is 16.5 Å². The van der Waals surface area contributed by atoms with Gasteiger partial charge in [-0.3, -0.25) is 4.79 Å². The predicted molar refractivity (Wildman–Crippen MR) is 126 cm³/mol. The molecule has 1 amide bonds. The maximum Gasteiger partial charge on any atom is 0.272 e. The van der Waals surface area contributed by atoms with Gasteiger partial charge in [0.25, 0.3) is 5.91 Å². The van der Waals surface area contributed by atoms with Gasteiger partial charge in [0.05, 0.1) is 23.4 Å². The number of hydrogen-bond donors (Lipinski definition) is 1. The summed E-state index contributed by atoms with van der Waals surface area (Å²) in [6, 6.07) is 25.1. The summed E-state index contributed by atoms with van der Waals surface area (Å²) in [7, 11) is -1.73. The zero-order valence-electron chi connectivity index (χ0n) is 18.2. The molecule has 0 saturated carbocycles. The molecule has 0 unspecified atom stereocenters. The maximum atomic E-state index is 12.8. The average Bonchev–Trinajstić information content (AvgIpc) is 3.28. The third-order valence-electron chi connectivity index (χ3n) is 5.13. The molecule has 0 fully saturated rings. The molecule has 7 nitrogen and oxygen atoms in total. The van der Waals surface area contributed by atoms with Gasteiger partial charge < -0.3 is 10.1 Å². The van der Waals surface area contributed by atoms with Gasteiger partial charge in [-0.2, -0.15) is 5.10 Å². The minimum Gasteiger partial charge on any atom is -0.497 e. The molecule has 1 heterocycles. The number of nitrogens with zero attached hydrogens (tertiary/aromatic N) is 2. The smallest absolute Gasteiger partial charge is 0.272 e. The van der Waals surface area contributed by atoms with Gasteiger partial charge in [0.15, 0.2) is 15.5 Å². The van der Waals surface area contributed by atoms with E-state index >= 15 is 0 Å². The number of ether oxygens (including phenoxy) is 1. The lowest BCUT2D eigenvalue weighted by atomic mass is 10.1. The average molecular weight is 462 g/mol. The molecule has 0 atom stereocenters. The number of nitrogens with one attached hydrogen (secondary N) is 1. The molecule has 4 aromatic rings. The molecule has 0 aliphatic rings. The van der Waals surface area contributed by atoms with Crippen LogP contribution in [0.1, 0.15) is 16.1 Å². The molecule has 0 radical (unpaired) electrons. The van der Waals surface area contributed by atoms with Crippen molar-refractivity contribution >= 4 is 15.7 Å². The predicted octanol–water partition coefficient (Wildman–Crippen LogP) is 3.88. The zero-order chi connectivity index (χ0) is 23.4. The molecule has 0 spiro atoms. The Labute approximate surface area is 192 Å². The van der Waals surface area contributed by atoms with Crippen LogP contribution < -0.4 is 10.1 Å². The summed E-state index contributed by atoms with van der Waals surface area (Å²) in [5.74, 6) is 0.406. The Bertz CT molecular complexity index is 1360. The first-order chi connectivity index (χ1) is 15.8.